The standard InChI is InChI=1S/C21H28N2O5S/c1-5-27-20-12-17(9-10-19(20)28-13-14(2)3)21(24)23-15(4)16-7-6-8-18(11-16)29(22,25)26/h6-12,14-15H,5,13H2,1-4H3,(H,23,24)(H2,22,25,26)/t15-/m1/s1. The lowest BCUT2D eigenvalue weighted by Crippen LogP contribution is -2.27. The molecule has 7 nitrogen and oxygen atoms in total. The molecule has 0 aliphatic rings. The Kier molecular flexibility index (Phi) is 7.64. The number of amides is 1. The van der Waals surface area contributed by atoms with Gasteiger partial charge < -0.3 is 14.8 Å². The first-order valence-corrected chi connectivity index (χ1v) is 11.0. The van der Waals surface area contributed by atoms with Crippen molar-refractivity contribution < 1.29 is 22.7 Å². The van der Waals surface area contributed by atoms with Crippen LogP contribution >= 0.6 is 0 Å². The van der Waals surface area contributed by atoms with Crippen LogP contribution in [0.15, 0.2) is 47.4 Å². The quantitative estimate of drug-likeness (QED) is 0.647. The molecule has 158 valence electrons. The molecule has 2 aromatic rings. The molecule has 0 unspecified atom stereocenters. The van der Waals surface area contributed by atoms with E-state index in [4.69, 9.17) is 14.6 Å². The second-order valence-electron chi connectivity index (χ2n) is 7.11. The maximum absolute atomic E-state index is 12.7. The normalized spacial score (nSPS) is 12.5. The van der Waals surface area contributed by atoms with Crippen LogP contribution in [-0.4, -0.2) is 27.5 Å². The van der Waals surface area contributed by atoms with Crippen LogP contribution in [0.25, 0.3) is 0 Å². The number of ether oxygens (including phenoxy) is 2. The van der Waals surface area contributed by atoms with Gasteiger partial charge in [-0.2, -0.15) is 0 Å². The van der Waals surface area contributed by atoms with Gasteiger partial charge in [-0.15, -0.1) is 0 Å². The average molecular weight is 421 g/mol. The highest BCUT2D eigenvalue weighted by atomic mass is 32.2. The van der Waals surface area contributed by atoms with Crippen LogP contribution in [-0.2, 0) is 10.0 Å². The van der Waals surface area contributed by atoms with Crippen LogP contribution in [0.3, 0.4) is 0 Å². The fraction of sp³-hybridized carbons (Fsp3) is 0.381. The topological polar surface area (TPSA) is 108 Å². The predicted octanol–water partition coefficient (Wildman–Crippen LogP) is 3.26. The van der Waals surface area contributed by atoms with Gasteiger partial charge in [0, 0.05) is 5.56 Å². The second kappa shape index (κ2) is 9.76. The number of primary sulfonamides is 1. The highest BCUT2D eigenvalue weighted by Gasteiger charge is 2.16. The molecule has 0 radical (unpaired) electrons. The molecule has 0 spiro atoms. The van der Waals surface area contributed by atoms with Gasteiger partial charge >= 0.3 is 0 Å². The minimum Gasteiger partial charge on any atom is -0.490 e. The molecule has 0 saturated carbocycles. The van der Waals surface area contributed by atoms with Crippen molar-refractivity contribution in [1.82, 2.24) is 5.32 Å². The maximum Gasteiger partial charge on any atom is 0.251 e. The summed E-state index contributed by atoms with van der Waals surface area (Å²) >= 11 is 0. The predicted molar refractivity (Wildman–Crippen MR) is 112 cm³/mol. The van der Waals surface area contributed by atoms with Crippen LogP contribution in [0.1, 0.15) is 49.7 Å². The minimum absolute atomic E-state index is 0.00128. The van der Waals surface area contributed by atoms with Crippen LogP contribution < -0.4 is 19.9 Å². The Bertz CT molecular complexity index is 957. The van der Waals surface area contributed by atoms with Crippen LogP contribution in [0.4, 0.5) is 0 Å². The van der Waals surface area contributed by atoms with Gasteiger partial charge in [0.05, 0.1) is 24.2 Å². The third kappa shape index (κ3) is 6.47. The third-order valence-corrected chi connectivity index (χ3v) is 5.02. The molecule has 0 fully saturated rings. The van der Waals surface area contributed by atoms with E-state index in [0.29, 0.717) is 41.8 Å². The molecule has 29 heavy (non-hydrogen) atoms. The molecule has 0 aromatic heterocycles. The molecule has 0 aliphatic carbocycles. The van der Waals surface area contributed by atoms with E-state index in [0.717, 1.165) is 0 Å². The van der Waals surface area contributed by atoms with E-state index in [1.165, 1.54) is 12.1 Å². The number of rotatable bonds is 9. The van der Waals surface area contributed by atoms with Crippen LogP contribution in [0, 0.1) is 5.92 Å². The summed E-state index contributed by atoms with van der Waals surface area (Å²) in [6.45, 7) is 8.72. The fourth-order valence-electron chi connectivity index (χ4n) is 2.62. The zero-order chi connectivity index (χ0) is 21.6. The molecule has 0 bridgehead atoms. The molecule has 0 saturated heterocycles. The van der Waals surface area contributed by atoms with Gasteiger partial charge in [-0.05, 0) is 55.7 Å². The van der Waals surface area contributed by atoms with Gasteiger partial charge in [0.25, 0.3) is 5.91 Å². The fourth-order valence-corrected chi connectivity index (χ4v) is 3.19. The van der Waals surface area contributed by atoms with Crippen LogP contribution in [0.5, 0.6) is 11.5 Å². The van der Waals surface area contributed by atoms with Crippen molar-refractivity contribution in [3.8, 4) is 11.5 Å². The minimum atomic E-state index is -3.81. The Morgan fingerprint density at radius 3 is 2.41 bits per heavy atom. The first-order chi connectivity index (χ1) is 13.6. The van der Waals surface area contributed by atoms with Crippen molar-refractivity contribution in [2.45, 2.75) is 38.6 Å². The SMILES string of the molecule is CCOc1cc(C(=O)N[C@H](C)c2cccc(S(N)(=O)=O)c2)ccc1OCC(C)C. The molecule has 3 N–H and O–H groups in total. The Labute approximate surface area is 172 Å². The lowest BCUT2D eigenvalue weighted by molar-refractivity contribution is 0.0939. The molecule has 0 aliphatic heterocycles. The molecule has 2 aromatic carbocycles. The van der Waals surface area contributed by atoms with E-state index in [2.05, 4.69) is 19.2 Å². The molecular weight excluding hydrogens is 392 g/mol. The van der Waals surface area contributed by atoms with Gasteiger partial charge in [-0.1, -0.05) is 26.0 Å². The molecule has 8 heteroatoms. The summed E-state index contributed by atoms with van der Waals surface area (Å²) in [5, 5.41) is 8.04. The number of sulfonamides is 1. The Morgan fingerprint density at radius 1 is 1.07 bits per heavy atom. The highest BCUT2D eigenvalue weighted by molar-refractivity contribution is 7.89. The summed E-state index contributed by atoms with van der Waals surface area (Å²) < 4.78 is 34.5. The van der Waals surface area contributed by atoms with Crippen molar-refractivity contribution in [2.24, 2.45) is 11.1 Å². The number of hydrogen-bond donors (Lipinski definition) is 2. The molecule has 0 heterocycles. The number of carbonyl (C=O) groups excluding carboxylic acids is 1. The monoisotopic (exact) mass is 420 g/mol. The van der Waals surface area contributed by atoms with Gasteiger partial charge in [0.2, 0.25) is 10.0 Å². The third-order valence-electron chi connectivity index (χ3n) is 4.11. The maximum atomic E-state index is 12.7. The largest absolute Gasteiger partial charge is 0.490 e. The van der Waals surface area contributed by atoms with Gasteiger partial charge in [-0.3, -0.25) is 4.79 Å². The summed E-state index contributed by atoms with van der Waals surface area (Å²) in [7, 11) is -3.81. The molecule has 1 atom stereocenters. The van der Waals surface area contributed by atoms with E-state index in [1.807, 2.05) is 6.92 Å². The first-order valence-electron chi connectivity index (χ1n) is 9.45. The zero-order valence-corrected chi connectivity index (χ0v) is 18.0. The van der Waals surface area contributed by atoms with Crippen LogP contribution in [0.2, 0.25) is 0 Å². The Morgan fingerprint density at radius 2 is 1.79 bits per heavy atom. The van der Waals surface area contributed by atoms with E-state index in [1.54, 1.807) is 37.3 Å². The lowest BCUT2D eigenvalue weighted by atomic mass is 10.1. The summed E-state index contributed by atoms with van der Waals surface area (Å²) in [5.74, 6) is 1.15. The summed E-state index contributed by atoms with van der Waals surface area (Å²) in [6.07, 6.45) is 0. The van der Waals surface area contributed by atoms with Crippen molar-refractivity contribution >= 4 is 15.9 Å². The highest BCUT2D eigenvalue weighted by Crippen LogP contribution is 2.29. The summed E-state index contributed by atoms with van der Waals surface area (Å²) in [4.78, 5) is 12.7. The van der Waals surface area contributed by atoms with Gasteiger partial charge in [-0.25, -0.2) is 13.6 Å². The van der Waals surface area contributed by atoms with E-state index in [-0.39, 0.29) is 10.8 Å². The zero-order valence-electron chi connectivity index (χ0n) is 17.1. The van der Waals surface area contributed by atoms with Gasteiger partial charge in [0.1, 0.15) is 0 Å². The number of nitrogens with one attached hydrogen (secondary N) is 1. The van der Waals surface area contributed by atoms with E-state index < -0.39 is 16.1 Å². The number of carbonyl (C=O) groups is 1. The van der Waals surface area contributed by atoms with Crippen molar-refractivity contribution in [3.63, 3.8) is 0 Å². The summed E-state index contributed by atoms with van der Waals surface area (Å²) in [5.41, 5.74) is 1.05. The first kappa shape index (κ1) is 22.7. The number of benzene rings is 2. The molecular formula is C21H28N2O5S. The smallest absolute Gasteiger partial charge is 0.251 e. The van der Waals surface area contributed by atoms with E-state index in [9.17, 15) is 13.2 Å². The Balaban J connectivity index is 2.18. The lowest BCUT2D eigenvalue weighted by Gasteiger charge is -2.17. The molecule has 2 rings (SSSR count). The number of hydrogen-bond acceptors (Lipinski definition) is 5. The van der Waals surface area contributed by atoms with Crippen molar-refractivity contribution in [2.75, 3.05) is 13.2 Å². The van der Waals surface area contributed by atoms with Crippen molar-refractivity contribution in [3.05, 3.63) is 53.6 Å². The number of nitrogens with two attached hydrogens (primary N) is 1. The average Bonchev–Trinajstić information content (AvgIpc) is 2.66. The summed E-state index contributed by atoms with van der Waals surface area (Å²) in [6, 6.07) is 10.8. The molecule has 1 amide bonds. The van der Waals surface area contributed by atoms with E-state index >= 15 is 0 Å². The Hall–Kier alpha value is -2.58. The van der Waals surface area contributed by atoms with Crippen molar-refractivity contribution in [1.29, 1.82) is 0 Å². The second-order valence-corrected chi connectivity index (χ2v) is 8.67. The van der Waals surface area contributed by atoms with Gasteiger partial charge in [0.15, 0.2) is 11.5 Å².